The summed E-state index contributed by atoms with van der Waals surface area (Å²) in [4.78, 5) is 40.3. The fraction of sp³-hybridized carbons (Fsp3) is 0.773. The molecule has 1 saturated carbocycles. The molecule has 8 heteroatoms. The molecule has 5 nitrogen and oxygen atoms in total. The fourth-order valence-electron chi connectivity index (χ4n) is 5.04. The second kappa shape index (κ2) is 7.68. The number of allylic oxidation sites excluding steroid dienone is 1. The molecule has 1 heterocycles. The minimum Gasteiger partial charge on any atom is -0.330 e. The zero-order valence-corrected chi connectivity index (χ0v) is 18.1. The van der Waals surface area contributed by atoms with Crippen LogP contribution in [0.15, 0.2) is 11.3 Å². The molecule has 2 aliphatic carbocycles. The first-order valence-electron chi connectivity index (χ1n) is 10.8. The van der Waals surface area contributed by atoms with E-state index in [1.807, 2.05) is 0 Å². The number of halogens is 3. The van der Waals surface area contributed by atoms with E-state index in [9.17, 15) is 27.6 Å². The summed E-state index contributed by atoms with van der Waals surface area (Å²) in [5, 5.41) is 2.08. The molecule has 0 radical (unpaired) electrons. The highest BCUT2D eigenvalue weighted by Gasteiger charge is 2.71. The Balaban J connectivity index is 2.12. The van der Waals surface area contributed by atoms with Gasteiger partial charge in [-0.2, -0.15) is 13.2 Å². The lowest BCUT2D eigenvalue weighted by atomic mass is 9.72. The van der Waals surface area contributed by atoms with Crippen molar-refractivity contribution in [3.63, 3.8) is 0 Å². The van der Waals surface area contributed by atoms with E-state index in [0.29, 0.717) is 12.8 Å². The number of nitrogens with one attached hydrogen (secondary N) is 1. The second-order valence-corrected chi connectivity index (χ2v) is 10.1. The van der Waals surface area contributed by atoms with Crippen LogP contribution in [0.25, 0.3) is 0 Å². The van der Waals surface area contributed by atoms with Crippen LogP contribution in [0.5, 0.6) is 0 Å². The molecule has 1 atom stereocenters. The molecule has 1 N–H and O–H groups in total. The lowest BCUT2D eigenvalue weighted by Gasteiger charge is -2.36. The van der Waals surface area contributed by atoms with E-state index in [1.54, 1.807) is 27.7 Å². The van der Waals surface area contributed by atoms with E-state index < -0.39 is 46.2 Å². The first-order valence-corrected chi connectivity index (χ1v) is 10.8. The Kier molecular flexibility index (Phi) is 5.84. The van der Waals surface area contributed by atoms with Gasteiger partial charge in [-0.15, -0.1) is 0 Å². The van der Waals surface area contributed by atoms with E-state index >= 15 is 0 Å². The van der Waals surface area contributed by atoms with E-state index in [4.69, 9.17) is 0 Å². The molecule has 0 unspecified atom stereocenters. The number of Topliss-reactive ketones (excluding diaryl/α,β-unsaturated/α-hetero) is 1. The summed E-state index contributed by atoms with van der Waals surface area (Å²) in [5.74, 6) is -3.40. The maximum Gasteiger partial charge on any atom is 0.425 e. The van der Waals surface area contributed by atoms with Crippen LogP contribution < -0.4 is 5.32 Å². The zero-order valence-electron chi connectivity index (χ0n) is 18.1. The standard InChI is InChI=1S/C22H31F3N2O3/c1-13(2)12-27-15-10-20(3,4)11-16(28)17(15)21(19(27)30,22(23,24)25)26-18(29)14-8-6-5-7-9-14/h13-14H,5-12H2,1-4H3,(H,26,29)/t21-/m0/s1. The summed E-state index contributed by atoms with van der Waals surface area (Å²) in [6, 6.07) is 0. The number of alkyl halides is 3. The minimum atomic E-state index is -5.11. The third kappa shape index (κ3) is 3.78. The average Bonchev–Trinajstić information content (AvgIpc) is 2.84. The van der Waals surface area contributed by atoms with E-state index in [2.05, 4.69) is 5.32 Å². The van der Waals surface area contributed by atoms with Gasteiger partial charge in [-0.3, -0.25) is 14.4 Å². The Morgan fingerprint density at radius 1 is 1.13 bits per heavy atom. The van der Waals surface area contributed by atoms with Crippen LogP contribution in [0, 0.1) is 17.3 Å². The summed E-state index contributed by atoms with van der Waals surface area (Å²) in [6.07, 6.45) is -1.55. The van der Waals surface area contributed by atoms with Gasteiger partial charge in [0.2, 0.25) is 11.4 Å². The number of hydrogen-bond acceptors (Lipinski definition) is 3. The van der Waals surface area contributed by atoms with Gasteiger partial charge >= 0.3 is 6.18 Å². The van der Waals surface area contributed by atoms with Crippen molar-refractivity contribution < 1.29 is 27.6 Å². The minimum absolute atomic E-state index is 0.0676. The molecule has 1 aliphatic heterocycles. The van der Waals surface area contributed by atoms with Crippen molar-refractivity contribution in [2.24, 2.45) is 17.3 Å². The van der Waals surface area contributed by atoms with Gasteiger partial charge in [0.25, 0.3) is 5.91 Å². The molecule has 168 valence electrons. The smallest absolute Gasteiger partial charge is 0.330 e. The van der Waals surface area contributed by atoms with Gasteiger partial charge in [0.15, 0.2) is 5.78 Å². The van der Waals surface area contributed by atoms with Gasteiger partial charge in [0, 0.05) is 24.6 Å². The normalized spacial score (nSPS) is 27.7. The highest BCUT2D eigenvalue weighted by atomic mass is 19.4. The molecule has 0 bridgehead atoms. The molecule has 30 heavy (non-hydrogen) atoms. The highest BCUT2D eigenvalue weighted by Crippen LogP contribution is 2.52. The van der Waals surface area contributed by atoms with Crippen LogP contribution >= 0.6 is 0 Å². The number of carbonyl (C=O) groups is 3. The van der Waals surface area contributed by atoms with E-state index in [-0.39, 0.29) is 31.0 Å². The zero-order chi connectivity index (χ0) is 22.5. The van der Waals surface area contributed by atoms with Crippen LogP contribution in [0.3, 0.4) is 0 Å². The van der Waals surface area contributed by atoms with Crippen LogP contribution in [0.1, 0.15) is 72.6 Å². The van der Waals surface area contributed by atoms with Crippen LogP contribution in [-0.4, -0.2) is 40.8 Å². The highest BCUT2D eigenvalue weighted by molar-refractivity contribution is 6.13. The second-order valence-electron chi connectivity index (χ2n) is 10.1. The lowest BCUT2D eigenvalue weighted by Crippen LogP contribution is -2.67. The van der Waals surface area contributed by atoms with Crippen LogP contribution in [-0.2, 0) is 14.4 Å². The third-order valence-corrected chi connectivity index (χ3v) is 6.38. The predicted octanol–water partition coefficient (Wildman–Crippen LogP) is 4.13. The number of carbonyl (C=O) groups excluding carboxylic acids is 3. The number of amides is 2. The Morgan fingerprint density at radius 2 is 1.73 bits per heavy atom. The lowest BCUT2D eigenvalue weighted by molar-refractivity contribution is -0.195. The molecule has 0 spiro atoms. The average molecular weight is 428 g/mol. The molecule has 0 aromatic heterocycles. The van der Waals surface area contributed by atoms with Gasteiger partial charge in [-0.05, 0) is 30.6 Å². The molecule has 1 fully saturated rings. The van der Waals surface area contributed by atoms with Gasteiger partial charge in [0.05, 0.1) is 5.57 Å². The maximum atomic E-state index is 14.6. The van der Waals surface area contributed by atoms with E-state index in [0.717, 1.165) is 24.2 Å². The SMILES string of the molecule is CC(C)CN1C(=O)[C@](NC(=O)C2CCCCC2)(C(F)(F)F)C2=C1CC(C)(C)CC2=O. The third-order valence-electron chi connectivity index (χ3n) is 6.38. The Hall–Kier alpha value is -1.86. The van der Waals surface area contributed by atoms with Gasteiger partial charge in [-0.25, -0.2) is 0 Å². The van der Waals surface area contributed by atoms with Crippen molar-refractivity contribution in [3.05, 3.63) is 11.3 Å². The topological polar surface area (TPSA) is 66.5 Å². The first-order chi connectivity index (χ1) is 13.8. The number of rotatable bonds is 4. The molecule has 2 amide bonds. The van der Waals surface area contributed by atoms with Crippen molar-refractivity contribution in [2.45, 2.75) is 84.4 Å². The van der Waals surface area contributed by atoms with Gasteiger partial charge in [0.1, 0.15) is 0 Å². The van der Waals surface area contributed by atoms with Crippen molar-refractivity contribution in [2.75, 3.05) is 6.54 Å². The summed E-state index contributed by atoms with van der Waals surface area (Å²) in [5.41, 5.74) is -4.28. The molecule has 3 aliphatic rings. The number of hydrogen-bond donors (Lipinski definition) is 1. The Bertz CT molecular complexity index is 779. The molecule has 0 aromatic carbocycles. The molecular weight excluding hydrogens is 397 g/mol. The number of ketones is 1. The van der Waals surface area contributed by atoms with Crippen molar-refractivity contribution >= 4 is 17.6 Å². The summed E-state index contributed by atoms with van der Waals surface area (Å²) in [7, 11) is 0. The van der Waals surface area contributed by atoms with Gasteiger partial charge in [-0.1, -0.05) is 47.0 Å². The predicted molar refractivity (Wildman–Crippen MR) is 105 cm³/mol. The molecule has 0 aromatic rings. The van der Waals surface area contributed by atoms with Crippen molar-refractivity contribution in [1.82, 2.24) is 10.2 Å². The van der Waals surface area contributed by atoms with Gasteiger partial charge < -0.3 is 10.2 Å². The van der Waals surface area contributed by atoms with Crippen LogP contribution in [0.4, 0.5) is 13.2 Å². The molecular formula is C22H31F3N2O3. The Morgan fingerprint density at radius 3 is 2.27 bits per heavy atom. The quantitative estimate of drug-likeness (QED) is 0.732. The van der Waals surface area contributed by atoms with Crippen molar-refractivity contribution in [3.8, 4) is 0 Å². The van der Waals surface area contributed by atoms with E-state index in [1.165, 1.54) is 0 Å². The fourth-order valence-corrected chi connectivity index (χ4v) is 5.04. The van der Waals surface area contributed by atoms with Crippen molar-refractivity contribution in [1.29, 1.82) is 0 Å². The molecule has 0 saturated heterocycles. The Labute approximate surface area is 175 Å². The summed E-state index contributed by atoms with van der Waals surface area (Å²) >= 11 is 0. The monoisotopic (exact) mass is 428 g/mol. The largest absolute Gasteiger partial charge is 0.425 e. The maximum absolute atomic E-state index is 14.6. The first kappa shape index (κ1) is 22.8. The number of nitrogens with zero attached hydrogens (tertiary/aromatic N) is 1. The van der Waals surface area contributed by atoms with Crippen LogP contribution in [0.2, 0.25) is 0 Å². The molecule has 3 rings (SSSR count). The summed E-state index contributed by atoms with van der Waals surface area (Å²) in [6.45, 7) is 7.29. The summed E-state index contributed by atoms with van der Waals surface area (Å²) < 4.78 is 43.8.